The molecule has 0 radical (unpaired) electrons. The van der Waals surface area contributed by atoms with Crippen LogP contribution >= 0.6 is 0 Å². The highest BCUT2D eigenvalue weighted by Crippen LogP contribution is 2.45. The van der Waals surface area contributed by atoms with Gasteiger partial charge >= 0.3 is 0 Å². The summed E-state index contributed by atoms with van der Waals surface area (Å²) in [5.74, 6) is 0.0464. The summed E-state index contributed by atoms with van der Waals surface area (Å²) in [6.45, 7) is 0.780. The van der Waals surface area contributed by atoms with Gasteiger partial charge in [0, 0.05) is 12.0 Å². The Hall–Kier alpha value is -1.94. The fourth-order valence-corrected chi connectivity index (χ4v) is 4.04. The quantitative estimate of drug-likeness (QED) is 0.858. The normalized spacial score (nSPS) is 33.2. The number of amides is 1. The van der Waals surface area contributed by atoms with E-state index in [2.05, 4.69) is 0 Å². The second-order valence-corrected chi connectivity index (χ2v) is 6.51. The Bertz CT molecular complexity index is 639. The van der Waals surface area contributed by atoms with E-state index in [1.54, 1.807) is 11.0 Å². The maximum Gasteiger partial charge on any atom is 0.247 e. The lowest BCUT2D eigenvalue weighted by molar-refractivity contribution is -0.154. The van der Waals surface area contributed by atoms with Gasteiger partial charge in [0.1, 0.15) is 0 Å². The zero-order valence-corrected chi connectivity index (χ0v) is 12.4. The molecule has 2 fully saturated rings. The maximum absolute atomic E-state index is 12.4. The van der Waals surface area contributed by atoms with Gasteiger partial charge < -0.3 is 9.64 Å². The summed E-state index contributed by atoms with van der Waals surface area (Å²) in [6, 6.07) is 10.0. The van der Waals surface area contributed by atoms with Crippen LogP contribution < -0.4 is 0 Å². The van der Waals surface area contributed by atoms with Gasteiger partial charge in [-0.25, -0.2) is 0 Å². The number of piperidine rings is 1. The number of hydrogen-bond donors (Lipinski definition) is 0. The number of ether oxygens (including phenoxy) is 1. The van der Waals surface area contributed by atoms with E-state index in [0.29, 0.717) is 13.0 Å². The number of rotatable bonds is 3. The summed E-state index contributed by atoms with van der Waals surface area (Å²) in [5.41, 5.74) is 0.908. The van der Waals surface area contributed by atoms with Crippen molar-refractivity contribution in [1.29, 1.82) is 0 Å². The van der Waals surface area contributed by atoms with E-state index in [-0.39, 0.29) is 35.8 Å². The van der Waals surface area contributed by atoms with Crippen molar-refractivity contribution in [3.63, 3.8) is 0 Å². The fraction of sp³-hybridized carbons (Fsp3) is 0.444. The topological polar surface area (TPSA) is 46.6 Å². The molecule has 0 unspecified atom stereocenters. The minimum Gasteiger partial charge on any atom is -0.373 e. The maximum atomic E-state index is 12.4. The molecule has 1 saturated heterocycles. The number of carbonyl (C=O) groups excluding carboxylic acids is 2. The fourth-order valence-electron chi connectivity index (χ4n) is 4.04. The molecule has 1 saturated carbocycles. The standard InChI is InChI=1S/C18H19NO3/c20-15-11-19-17(21)7-9-18(19)8-6-16(14(15)10-18)22-12-13-4-2-1-3-5-13/h1-5,7,9,14,16H,6,8,10-12H2/t14-,16-,18-/m1/s1. The Morgan fingerprint density at radius 2 is 2.05 bits per heavy atom. The predicted molar refractivity (Wildman–Crippen MR) is 81.0 cm³/mol. The minimum atomic E-state index is -0.220. The number of ketones is 1. The summed E-state index contributed by atoms with van der Waals surface area (Å²) >= 11 is 0. The number of benzene rings is 1. The van der Waals surface area contributed by atoms with E-state index in [1.165, 1.54) is 0 Å². The predicted octanol–water partition coefficient (Wildman–Crippen LogP) is 2.09. The van der Waals surface area contributed by atoms with Crippen molar-refractivity contribution in [3.05, 3.63) is 48.0 Å². The van der Waals surface area contributed by atoms with Crippen molar-refractivity contribution >= 4 is 11.7 Å². The van der Waals surface area contributed by atoms with E-state index >= 15 is 0 Å². The third-order valence-corrected chi connectivity index (χ3v) is 5.26. The number of fused-ring (bicyclic) bond motifs is 1. The van der Waals surface area contributed by atoms with Gasteiger partial charge in [-0.05, 0) is 24.8 Å². The smallest absolute Gasteiger partial charge is 0.247 e. The molecule has 4 rings (SSSR count). The molecule has 1 aromatic rings. The molecule has 1 amide bonds. The number of Topliss-reactive ketones (excluding diaryl/α,β-unsaturated/α-hetero) is 1. The number of hydrogen-bond acceptors (Lipinski definition) is 3. The molecule has 114 valence electrons. The summed E-state index contributed by atoms with van der Waals surface area (Å²) in [6.07, 6.45) is 6.04. The van der Waals surface area contributed by atoms with E-state index in [9.17, 15) is 9.59 Å². The summed E-state index contributed by atoms with van der Waals surface area (Å²) in [4.78, 5) is 26.1. The number of nitrogens with zero attached hydrogens (tertiary/aromatic N) is 1. The van der Waals surface area contributed by atoms with Crippen LogP contribution in [-0.4, -0.2) is 34.8 Å². The van der Waals surface area contributed by atoms with Crippen LogP contribution in [0.3, 0.4) is 0 Å². The average Bonchev–Trinajstić information content (AvgIpc) is 2.85. The van der Waals surface area contributed by atoms with Crippen LogP contribution in [0.5, 0.6) is 0 Å². The van der Waals surface area contributed by atoms with Gasteiger partial charge in [0.25, 0.3) is 0 Å². The first-order valence-corrected chi connectivity index (χ1v) is 7.87. The van der Waals surface area contributed by atoms with Crippen LogP contribution in [0.4, 0.5) is 0 Å². The summed E-state index contributed by atoms with van der Waals surface area (Å²) in [7, 11) is 0. The molecule has 2 bridgehead atoms. The van der Waals surface area contributed by atoms with Crippen molar-refractivity contribution in [2.45, 2.75) is 37.5 Å². The highest BCUT2D eigenvalue weighted by Gasteiger charge is 2.53. The van der Waals surface area contributed by atoms with Crippen molar-refractivity contribution in [2.24, 2.45) is 5.92 Å². The van der Waals surface area contributed by atoms with Gasteiger partial charge in [-0.3, -0.25) is 9.59 Å². The van der Waals surface area contributed by atoms with Gasteiger partial charge in [-0.1, -0.05) is 36.4 Å². The Morgan fingerprint density at radius 1 is 1.23 bits per heavy atom. The van der Waals surface area contributed by atoms with Crippen LogP contribution in [0, 0.1) is 5.92 Å². The minimum absolute atomic E-state index is 0.0181. The molecule has 3 atom stereocenters. The molecule has 2 aliphatic heterocycles. The molecule has 1 aromatic carbocycles. The molecule has 22 heavy (non-hydrogen) atoms. The summed E-state index contributed by atoms with van der Waals surface area (Å²) < 4.78 is 6.05. The molecule has 2 heterocycles. The van der Waals surface area contributed by atoms with Crippen molar-refractivity contribution in [1.82, 2.24) is 4.90 Å². The molecular weight excluding hydrogens is 278 g/mol. The molecule has 4 heteroatoms. The summed E-state index contributed by atoms with van der Waals surface area (Å²) in [5, 5.41) is 0. The largest absolute Gasteiger partial charge is 0.373 e. The zero-order chi connectivity index (χ0) is 15.2. The van der Waals surface area contributed by atoms with E-state index in [1.807, 2.05) is 36.4 Å². The van der Waals surface area contributed by atoms with Crippen molar-refractivity contribution < 1.29 is 14.3 Å². The van der Waals surface area contributed by atoms with Gasteiger partial charge in [-0.2, -0.15) is 0 Å². The average molecular weight is 297 g/mol. The number of carbonyl (C=O) groups is 2. The monoisotopic (exact) mass is 297 g/mol. The third-order valence-electron chi connectivity index (χ3n) is 5.26. The lowest BCUT2D eigenvalue weighted by Crippen LogP contribution is -2.60. The van der Waals surface area contributed by atoms with Crippen LogP contribution in [0.2, 0.25) is 0 Å². The zero-order valence-electron chi connectivity index (χ0n) is 12.4. The Balaban J connectivity index is 1.48. The Kier molecular flexibility index (Phi) is 3.15. The molecular formula is C18H19NO3. The van der Waals surface area contributed by atoms with Crippen molar-refractivity contribution in [2.75, 3.05) is 6.54 Å². The van der Waals surface area contributed by atoms with Gasteiger partial charge in [0.2, 0.25) is 5.91 Å². The second kappa shape index (κ2) is 5.06. The van der Waals surface area contributed by atoms with Crippen LogP contribution in [-0.2, 0) is 20.9 Å². The van der Waals surface area contributed by atoms with Crippen LogP contribution in [0.1, 0.15) is 24.8 Å². The third kappa shape index (κ3) is 2.10. The highest BCUT2D eigenvalue weighted by atomic mass is 16.5. The first-order chi connectivity index (χ1) is 10.7. The van der Waals surface area contributed by atoms with Gasteiger partial charge in [0.15, 0.2) is 5.78 Å². The van der Waals surface area contributed by atoms with E-state index in [4.69, 9.17) is 4.74 Å². The molecule has 1 spiro atoms. The molecule has 0 N–H and O–H groups in total. The SMILES string of the molecule is O=C1CN2C(=O)C=C[C@@]23CC[C@@H](OCc2ccccc2)[C@@H]1C3. The molecule has 1 aliphatic carbocycles. The first-order valence-electron chi connectivity index (χ1n) is 7.87. The van der Waals surface area contributed by atoms with Gasteiger partial charge in [-0.15, -0.1) is 0 Å². The Labute approximate surface area is 129 Å². The lowest BCUT2D eigenvalue weighted by atomic mass is 9.69. The van der Waals surface area contributed by atoms with Crippen molar-refractivity contribution in [3.8, 4) is 0 Å². The van der Waals surface area contributed by atoms with E-state index in [0.717, 1.165) is 18.4 Å². The lowest BCUT2D eigenvalue weighted by Gasteiger charge is -2.50. The van der Waals surface area contributed by atoms with Crippen LogP contribution in [0.25, 0.3) is 0 Å². The van der Waals surface area contributed by atoms with Crippen LogP contribution in [0.15, 0.2) is 42.5 Å². The molecule has 0 aromatic heterocycles. The molecule has 3 aliphatic rings. The Morgan fingerprint density at radius 3 is 2.86 bits per heavy atom. The second-order valence-electron chi connectivity index (χ2n) is 6.51. The van der Waals surface area contributed by atoms with Gasteiger partial charge in [0.05, 0.1) is 24.8 Å². The highest BCUT2D eigenvalue weighted by molar-refractivity contribution is 5.97. The van der Waals surface area contributed by atoms with E-state index < -0.39 is 0 Å². The first kappa shape index (κ1) is 13.7. The molecule has 4 nitrogen and oxygen atoms in total.